The Balaban J connectivity index is 2.53. The summed E-state index contributed by atoms with van der Waals surface area (Å²) in [6.07, 6.45) is 1.06. The van der Waals surface area contributed by atoms with E-state index in [0.29, 0.717) is 0 Å². The molecule has 0 aromatic heterocycles. The van der Waals surface area contributed by atoms with E-state index in [1.165, 1.54) is 11.8 Å². The number of hydrogen-bond acceptors (Lipinski definition) is 2. The van der Waals surface area contributed by atoms with Gasteiger partial charge in [0.05, 0.1) is 0 Å². The Bertz CT molecular complexity index is 37.4. The van der Waals surface area contributed by atoms with Gasteiger partial charge in [-0.3, -0.25) is 0 Å². The zero-order chi connectivity index (χ0) is 6.24. The van der Waals surface area contributed by atoms with Crippen LogP contribution in [0.1, 0.15) is 6.42 Å². The molecule has 0 aromatic rings. The normalized spacial score (nSPS) is 9.75. The van der Waals surface area contributed by atoms with Crippen LogP contribution >= 0.6 is 11.8 Å². The second-order valence-electron chi connectivity index (χ2n) is 1.47. The van der Waals surface area contributed by atoms with Crippen molar-refractivity contribution in [1.82, 2.24) is 5.32 Å². The summed E-state index contributed by atoms with van der Waals surface area (Å²) in [5, 5.41) is 2.99. The van der Waals surface area contributed by atoms with Gasteiger partial charge >= 0.3 is 0 Å². The third-order valence-corrected chi connectivity index (χ3v) is 1.52. The van der Waals surface area contributed by atoms with Gasteiger partial charge in [-0.25, -0.2) is 4.39 Å². The van der Waals surface area contributed by atoms with Crippen molar-refractivity contribution in [2.24, 2.45) is 0 Å². The third kappa shape index (κ3) is 6.24. The van der Waals surface area contributed by atoms with E-state index in [4.69, 9.17) is 0 Å². The smallest absolute Gasteiger partial charge is 0.135 e. The lowest BCUT2D eigenvalue weighted by Crippen LogP contribution is -2.07. The second-order valence-corrected chi connectivity index (χ2v) is 2.51. The fourth-order valence-electron chi connectivity index (χ4n) is 0.406. The SMILES string of the molecule is CNCCCSCF. The highest BCUT2D eigenvalue weighted by molar-refractivity contribution is 7.99. The number of halogens is 1. The molecular formula is C5H12FNS. The van der Waals surface area contributed by atoms with Crippen LogP contribution in [0.15, 0.2) is 0 Å². The molecule has 50 valence electrons. The zero-order valence-corrected chi connectivity index (χ0v) is 5.93. The van der Waals surface area contributed by atoms with Crippen LogP contribution in [0.2, 0.25) is 0 Å². The Labute approximate surface area is 54.0 Å². The van der Waals surface area contributed by atoms with Crippen LogP contribution in [-0.2, 0) is 0 Å². The lowest BCUT2D eigenvalue weighted by atomic mass is 10.5. The molecule has 1 N–H and O–H groups in total. The van der Waals surface area contributed by atoms with Gasteiger partial charge in [0.1, 0.15) is 6.01 Å². The molecule has 0 rings (SSSR count). The Morgan fingerprint density at radius 1 is 1.62 bits per heavy atom. The number of hydrogen-bond donors (Lipinski definition) is 1. The predicted octanol–water partition coefficient (Wildman–Crippen LogP) is 1.26. The van der Waals surface area contributed by atoms with E-state index in [2.05, 4.69) is 5.32 Å². The fraction of sp³-hybridized carbons (Fsp3) is 1.00. The average molecular weight is 137 g/mol. The van der Waals surface area contributed by atoms with Crippen LogP contribution < -0.4 is 5.32 Å². The molecule has 0 saturated carbocycles. The van der Waals surface area contributed by atoms with E-state index in [-0.39, 0.29) is 6.01 Å². The summed E-state index contributed by atoms with van der Waals surface area (Å²) in [6.45, 7) is 0.993. The Kier molecular flexibility index (Phi) is 7.46. The molecule has 0 aliphatic heterocycles. The van der Waals surface area contributed by atoms with Crippen LogP contribution in [-0.4, -0.2) is 25.4 Å². The van der Waals surface area contributed by atoms with Gasteiger partial charge in [0.15, 0.2) is 0 Å². The van der Waals surface area contributed by atoms with Crippen molar-refractivity contribution in [3.05, 3.63) is 0 Å². The van der Waals surface area contributed by atoms with E-state index in [1.807, 2.05) is 7.05 Å². The van der Waals surface area contributed by atoms with Crippen LogP contribution in [0.5, 0.6) is 0 Å². The van der Waals surface area contributed by atoms with E-state index in [0.717, 1.165) is 18.7 Å². The lowest BCUT2D eigenvalue weighted by Gasteiger charge is -1.94. The maximum Gasteiger partial charge on any atom is 0.135 e. The highest BCUT2D eigenvalue weighted by atomic mass is 32.2. The first-order valence-corrected chi connectivity index (χ1v) is 3.85. The summed E-state index contributed by atoms with van der Waals surface area (Å²) in [5.41, 5.74) is 0. The maximum atomic E-state index is 11.4. The minimum atomic E-state index is -0.246. The van der Waals surface area contributed by atoms with Crippen molar-refractivity contribution in [2.45, 2.75) is 6.42 Å². The van der Waals surface area contributed by atoms with E-state index >= 15 is 0 Å². The summed E-state index contributed by atoms with van der Waals surface area (Å²) >= 11 is 1.34. The molecule has 0 amide bonds. The predicted molar refractivity (Wildman–Crippen MR) is 37.0 cm³/mol. The van der Waals surface area contributed by atoms with Crippen molar-refractivity contribution in [1.29, 1.82) is 0 Å². The van der Waals surface area contributed by atoms with Crippen LogP contribution in [0.25, 0.3) is 0 Å². The number of nitrogens with one attached hydrogen (secondary N) is 1. The van der Waals surface area contributed by atoms with Crippen molar-refractivity contribution in [3.8, 4) is 0 Å². The van der Waals surface area contributed by atoms with Gasteiger partial charge in [0, 0.05) is 0 Å². The van der Waals surface area contributed by atoms with Crippen LogP contribution in [0.4, 0.5) is 4.39 Å². The molecule has 0 aliphatic rings. The van der Waals surface area contributed by atoms with Gasteiger partial charge in [-0.15, -0.1) is 11.8 Å². The van der Waals surface area contributed by atoms with Gasteiger partial charge in [-0.1, -0.05) is 0 Å². The number of rotatable bonds is 5. The molecule has 0 heterocycles. The largest absolute Gasteiger partial charge is 0.320 e. The van der Waals surface area contributed by atoms with Gasteiger partial charge in [0.25, 0.3) is 0 Å². The highest BCUT2D eigenvalue weighted by Crippen LogP contribution is 2.00. The molecule has 0 aromatic carbocycles. The molecule has 0 bridgehead atoms. The molecule has 0 fully saturated rings. The quantitative estimate of drug-likeness (QED) is 0.572. The third-order valence-electron chi connectivity index (χ3n) is 0.793. The molecule has 3 heteroatoms. The molecule has 0 aliphatic carbocycles. The van der Waals surface area contributed by atoms with Crippen molar-refractivity contribution >= 4 is 11.8 Å². The summed E-state index contributed by atoms with van der Waals surface area (Å²) < 4.78 is 11.4. The van der Waals surface area contributed by atoms with Gasteiger partial charge in [0.2, 0.25) is 0 Å². The minimum absolute atomic E-state index is 0.246. The fourth-order valence-corrected chi connectivity index (χ4v) is 0.863. The Morgan fingerprint density at radius 3 is 2.88 bits per heavy atom. The molecular weight excluding hydrogens is 125 g/mol. The van der Waals surface area contributed by atoms with Crippen molar-refractivity contribution < 1.29 is 4.39 Å². The minimum Gasteiger partial charge on any atom is -0.320 e. The monoisotopic (exact) mass is 137 g/mol. The molecule has 1 nitrogen and oxygen atoms in total. The summed E-state index contributed by atoms with van der Waals surface area (Å²) in [4.78, 5) is 0. The van der Waals surface area contributed by atoms with E-state index in [9.17, 15) is 4.39 Å². The summed E-state index contributed by atoms with van der Waals surface area (Å²) in [7, 11) is 1.90. The molecule has 0 unspecified atom stereocenters. The zero-order valence-electron chi connectivity index (χ0n) is 5.11. The molecule has 0 radical (unpaired) electrons. The molecule has 0 atom stereocenters. The summed E-state index contributed by atoms with van der Waals surface area (Å²) in [6, 6.07) is -0.246. The first kappa shape index (κ1) is 8.24. The molecule has 8 heavy (non-hydrogen) atoms. The topological polar surface area (TPSA) is 12.0 Å². The van der Waals surface area contributed by atoms with Crippen LogP contribution in [0.3, 0.4) is 0 Å². The van der Waals surface area contributed by atoms with Crippen LogP contribution in [0, 0.1) is 0 Å². The maximum absolute atomic E-state index is 11.4. The summed E-state index contributed by atoms with van der Waals surface area (Å²) in [5.74, 6) is 0.928. The lowest BCUT2D eigenvalue weighted by molar-refractivity contribution is 0.605. The van der Waals surface area contributed by atoms with Gasteiger partial charge in [-0.05, 0) is 25.8 Å². The second kappa shape index (κ2) is 7.24. The first-order valence-electron chi connectivity index (χ1n) is 2.70. The van der Waals surface area contributed by atoms with E-state index in [1.54, 1.807) is 0 Å². The standard InChI is InChI=1S/C5H12FNS/c1-7-3-2-4-8-5-6/h7H,2-5H2,1H3. The number of thioether (sulfide) groups is 1. The van der Waals surface area contributed by atoms with Crippen molar-refractivity contribution in [3.63, 3.8) is 0 Å². The molecule has 0 spiro atoms. The Morgan fingerprint density at radius 2 is 2.38 bits per heavy atom. The number of alkyl halides is 1. The highest BCUT2D eigenvalue weighted by Gasteiger charge is 1.84. The molecule has 0 saturated heterocycles. The first-order chi connectivity index (χ1) is 3.91. The van der Waals surface area contributed by atoms with Crippen molar-refractivity contribution in [2.75, 3.05) is 25.4 Å². The van der Waals surface area contributed by atoms with Gasteiger partial charge in [-0.2, -0.15) is 0 Å². The Hall–Kier alpha value is 0.240. The van der Waals surface area contributed by atoms with E-state index < -0.39 is 0 Å². The average Bonchev–Trinajstić information content (AvgIpc) is 1.81. The van der Waals surface area contributed by atoms with Gasteiger partial charge < -0.3 is 5.32 Å².